The predicted octanol–water partition coefficient (Wildman–Crippen LogP) is 5.66. The quantitative estimate of drug-likeness (QED) is 0.511. The van der Waals surface area contributed by atoms with Crippen LogP contribution in [0, 0.1) is 0 Å². The van der Waals surface area contributed by atoms with Gasteiger partial charge in [0, 0.05) is 22.9 Å². The molecule has 1 fully saturated rings. The maximum absolute atomic E-state index is 12.4. The number of nitrogens with zero attached hydrogens (tertiary/aromatic N) is 2. The molecule has 0 aliphatic heterocycles. The van der Waals surface area contributed by atoms with Gasteiger partial charge >= 0.3 is 0 Å². The smallest absolute Gasteiger partial charge is 0.227 e. The summed E-state index contributed by atoms with van der Waals surface area (Å²) in [5.41, 5.74) is 1.79. The molecular weight excluding hydrogens is 421 g/mol. The molecule has 156 valence electrons. The first-order valence-electron chi connectivity index (χ1n) is 10.1. The van der Waals surface area contributed by atoms with E-state index < -0.39 is 0 Å². The fourth-order valence-electron chi connectivity index (χ4n) is 3.91. The number of aryl methyl sites for hydroxylation is 1. The summed E-state index contributed by atoms with van der Waals surface area (Å²) in [5.74, 6) is 1.01. The maximum Gasteiger partial charge on any atom is 0.227 e. The van der Waals surface area contributed by atoms with Gasteiger partial charge in [0.05, 0.1) is 11.5 Å². The Kier molecular flexibility index (Phi) is 6.11. The number of rotatable bonds is 7. The van der Waals surface area contributed by atoms with Gasteiger partial charge in [-0.2, -0.15) is 0 Å². The van der Waals surface area contributed by atoms with E-state index in [4.69, 9.17) is 27.6 Å². The van der Waals surface area contributed by atoms with Gasteiger partial charge in [-0.1, -0.05) is 60.0 Å². The van der Waals surface area contributed by atoms with E-state index in [1.54, 1.807) is 0 Å². The van der Waals surface area contributed by atoms with E-state index in [9.17, 15) is 4.79 Å². The summed E-state index contributed by atoms with van der Waals surface area (Å²) >= 11 is 12.2. The van der Waals surface area contributed by atoms with Gasteiger partial charge in [0.1, 0.15) is 0 Å². The summed E-state index contributed by atoms with van der Waals surface area (Å²) in [7, 11) is 0. The van der Waals surface area contributed by atoms with Crippen molar-refractivity contribution in [3.05, 3.63) is 81.5 Å². The van der Waals surface area contributed by atoms with Crippen LogP contribution in [-0.2, 0) is 16.6 Å². The molecule has 1 atom stereocenters. The second-order valence-electron chi connectivity index (χ2n) is 7.75. The first-order valence-corrected chi connectivity index (χ1v) is 10.9. The highest BCUT2D eigenvalue weighted by Gasteiger charge is 2.45. The second kappa shape index (κ2) is 8.78. The van der Waals surface area contributed by atoms with Crippen molar-refractivity contribution >= 4 is 29.1 Å². The Hall–Kier alpha value is -2.37. The number of hydrogen-bond acceptors (Lipinski definition) is 4. The molecule has 30 heavy (non-hydrogen) atoms. The van der Waals surface area contributed by atoms with Crippen LogP contribution in [-0.4, -0.2) is 16.1 Å². The van der Waals surface area contributed by atoms with Crippen LogP contribution in [0.5, 0.6) is 0 Å². The van der Waals surface area contributed by atoms with Gasteiger partial charge < -0.3 is 9.73 Å². The lowest BCUT2D eigenvalue weighted by atomic mass is 9.64. The Morgan fingerprint density at radius 2 is 1.87 bits per heavy atom. The summed E-state index contributed by atoms with van der Waals surface area (Å²) in [6, 6.07) is 15.1. The third-order valence-electron chi connectivity index (χ3n) is 5.80. The summed E-state index contributed by atoms with van der Waals surface area (Å²) < 4.78 is 5.98. The van der Waals surface area contributed by atoms with Crippen LogP contribution in [0.25, 0.3) is 0 Å². The van der Waals surface area contributed by atoms with Gasteiger partial charge in [0.15, 0.2) is 0 Å². The minimum absolute atomic E-state index is 0.0850. The van der Waals surface area contributed by atoms with E-state index in [2.05, 4.69) is 15.5 Å². The van der Waals surface area contributed by atoms with Gasteiger partial charge in [-0.15, -0.1) is 10.2 Å². The molecular formula is C23H23Cl2N3O2. The third-order valence-corrected chi connectivity index (χ3v) is 6.39. The molecule has 1 unspecified atom stereocenters. The van der Waals surface area contributed by atoms with Gasteiger partial charge in [-0.25, -0.2) is 0 Å². The summed E-state index contributed by atoms with van der Waals surface area (Å²) in [5, 5.41) is 12.8. The van der Waals surface area contributed by atoms with Crippen LogP contribution in [0.3, 0.4) is 0 Å². The Labute approximate surface area is 185 Å². The fraction of sp³-hybridized carbons (Fsp3) is 0.348. The topological polar surface area (TPSA) is 68.0 Å². The molecule has 4 rings (SSSR count). The Morgan fingerprint density at radius 1 is 1.13 bits per heavy atom. The predicted molar refractivity (Wildman–Crippen MR) is 117 cm³/mol. The lowest BCUT2D eigenvalue weighted by molar-refractivity contribution is -0.121. The number of halogens is 2. The first-order chi connectivity index (χ1) is 14.5. The van der Waals surface area contributed by atoms with Crippen LogP contribution in [0.1, 0.15) is 61.6 Å². The van der Waals surface area contributed by atoms with Crippen LogP contribution in [0.15, 0.2) is 52.9 Å². The number of amides is 1. The molecule has 3 aromatic rings. The molecule has 1 aromatic heterocycles. The van der Waals surface area contributed by atoms with Crippen molar-refractivity contribution in [1.82, 2.24) is 15.5 Å². The minimum atomic E-state index is -0.239. The largest absolute Gasteiger partial charge is 0.424 e. The molecule has 7 heteroatoms. The molecule has 0 spiro atoms. The normalized spacial score (nSPS) is 16.0. The average Bonchev–Trinajstić information content (AvgIpc) is 3.16. The van der Waals surface area contributed by atoms with Crippen molar-refractivity contribution in [2.75, 3.05) is 0 Å². The SMILES string of the molecule is CC(NC(=O)CCc1nnc(C2(c3ccc(Cl)cc3)CCC2)o1)c1ccccc1Cl. The monoisotopic (exact) mass is 443 g/mol. The summed E-state index contributed by atoms with van der Waals surface area (Å²) in [4.78, 5) is 12.4. The molecule has 0 saturated heterocycles. The van der Waals surface area contributed by atoms with Crippen LogP contribution >= 0.6 is 23.2 Å². The molecule has 2 aromatic carbocycles. The molecule has 1 amide bonds. The highest BCUT2D eigenvalue weighted by molar-refractivity contribution is 6.31. The number of carbonyl (C=O) groups is 1. The van der Waals surface area contributed by atoms with E-state index in [1.807, 2.05) is 55.5 Å². The third kappa shape index (κ3) is 4.23. The molecule has 1 aliphatic carbocycles. The lowest BCUT2D eigenvalue weighted by Gasteiger charge is -2.39. The Bertz CT molecular complexity index is 1030. The second-order valence-corrected chi connectivity index (χ2v) is 8.60. The van der Waals surface area contributed by atoms with Gasteiger partial charge in [-0.05, 0) is 49.1 Å². The molecule has 0 bridgehead atoms. The maximum atomic E-state index is 12.4. The van der Waals surface area contributed by atoms with Crippen molar-refractivity contribution < 1.29 is 9.21 Å². The first kappa shape index (κ1) is 20.9. The van der Waals surface area contributed by atoms with E-state index in [1.165, 1.54) is 0 Å². The lowest BCUT2D eigenvalue weighted by Crippen LogP contribution is -2.35. The highest BCUT2D eigenvalue weighted by atomic mass is 35.5. The van der Waals surface area contributed by atoms with E-state index in [-0.39, 0.29) is 23.8 Å². The number of aromatic nitrogens is 2. The number of carbonyl (C=O) groups excluding carboxylic acids is 1. The summed E-state index contributed by atoms with van der Waals surface area (Å²) in [6.07, 6.45) is 3.70. The fourth-order valence-corrected chi connectivity index (χ4v) is 4.34. The Morgan fingerprint density at radius 3 is 2.53 bits per heavy atom. The molecule has 5 nitrogen and oxygen atoms in total. The number of hydrogen-bond donors (Lipinski definition) is 1. The van der Waals surface area contributed by atoms with Crippen LogP contribution < -0.4 is 5.32 Å². The summed E-state index contributed by atoms with van der Waals surface area (Å²) in [6.45, 7) is 1.91. The molecule has 1 saturated carbocycles. The van der Waals surface area contributed by atoms with Gasteiger partial charge in [-0.3, -0.25) is 4.79 Å². The average molecular weight is 444 g/mol. The molecule has 0 radical (unpaired) electrons. The van der Waals surface area contributed by atoms with E-state index in [0.29, 0.717) is 28.2 Å². The highest BCUT2D eigenvalue weighted by Crippen LogP contribution is 2.48. The van der Waals surface area contributed by atoms with E-state index in [0.717, 1.165) is 30.4 Å². The zero-order valence-corrected chi connectivity index (χ0v) is 18.2. The van der Waals surface area contributed by atoms with Crippen LogP contribution in [0.4, 0.5) is 0 Å². The van der Waals surface area contributed by atoms with E-state index >= 15 is 0 Å². The van der Waals surface area contributed by atoms with Crippen molar-refractivity contribution in [2.24, 2.45) is 0 Å². The van der Waals surface area contributed by atoms with Crippen molar-refractivity contribution in [3.63, 3.8) is 0 Å². The molecule has 1 N–H and O–H groups in total. The van der Waals surface area contributed by atoms with Gasteiger partial charge in [0.2, 0.25) is 17.7 Å². The van der Waals surface area contributed by atoms with Gasteiger partial charge in [0.25, 0.3) is 0 Å². The minimum Gasteiger partial charge on any atom is -0.424 e. The van der Waals surface area contributed by atoms with Crippen molar-refractivity contribution in [3.8, 4) is 0 Å². The Balaban J connectivity index is 1.38. The molecule has 1 aliphatic rings. The number of benzene rings is 2. The standard InChI is InChI=1S/C23H23Cl2N3O2/c1-15(18-5-2-3-6-19(18)25)26-20(29)11-12-21-27-28-22(30-21)23(13-4-14-23)16-7-9-17(24)10-8-16/h2-3,5-10,15H,4,11-14H2,1H3,(H,26,29). The van der Waals surface area contributed by atoms with Crippen molar-refractivity contribution in [2.45, 2.75) is 50.5 Å². The van der Waals surface area contributed by atoms with Crippen LogP contribution in [0.2, 0.25) is 10.0 Å². The zero-order chi connectivity index (χ0) is 21.1. The number of nitrogens with one attached hydrogen (secondary N) is 1. The van der Waals surface area contributed by atoms with Crippen molar-refractivity contribution in [1.29, 1.82) is 0 Å². The zero-order valence-electron chi connectivity index (χ0n) is 16.7. The molecule has 1 heterocycles.